The predicted octanol–water partition coefficient (Wildman–Crippen LogP) is 4.09. The van der Waals surface area contributed by atoms with Crippen LogP contribution in [0.1, 0.15) is 27.5 Å². The van der Waals surface area contributed by atoms with E-state index in [1.807, 2.05) is 60.7 Å². The van der Waals surface area contributed by atoms with Gasteiger partial charge in [0.1, 0.15) is 5.00 Å². The summed E-state index contributed by atoms with van der Waals surface area (Å²) in [4.78, 5) is 16.8. The Morgan fingerprint density at radius 2 is 1.67 bits per heavy atom. The van der Waals surface area contributed by atoms with Crippen LogP contribution in [0.4, 0.5) is 10.7 Å². The Morgan fingerprint density at radius 1 is 1.07 bits per heavy atom. The Labute approximate surface area is 163 Å². The van der Waals surface area contributed by atoms with Gasteiger partial charge in [0, 0.05) is 18.0 Å². The van der Waals surface area contributed by atoms with Gasteiger partial charge in [-0.2, -0.15) is 0 Å². The average Bonchev–Trinajstić information content (AvgIpc) is 2.98. The molecule has 0 aliphatic carbocycles. The minimum absolute atomic E-state index is 0.0500. The number of anilines is 2. The molecule has 2 heterocycles. The SMILES string of the molecule is CN1CCc2c(sc(NC(=O)C(c3ccccc3)c3ccccc3)c2N)C1. The van der Waals surface area contributed by atoms with Gasteiger partial charge in [0.05, 0.1) is 11.6 Å². The van der Waals surface area contributed by atoms with Crippen LogP contribution in [0.15, 0.2) is 60.7 Å². The van der Waals surface area contributed by atoms with Crippen molar-refractivity contribution >= 4 is 27.9 Å². The summed E-state index contributed by atoms with van der Waals surface area (Å²) >= 11 is 1.60. The molecule has 0 atom stereocenters. The normalized spacial score (nSPS) is 14.1. The fourth-order valence-electron chi connectivity index (χ4n) is 3.62. The molecule has 0 bridgehead atoms. The second-order valence-corrected chi connectivity index (χ2v) is 8.08. The highest BCUT2D eigenvalue weighted by Gasteiger charge is 2.26. The lowest BCUT2D eigenvalue weighted by molar-refractivity contribution is -0.116. The summed E-state index contributed by atoms with van der Waals surface area (Å²) in [5.41, 5.74) is 10.2. The molecule has 1 aliphatic rings. The monoisotopic (exact) mass is 377 g/mol. The van der Waals surface area contributed by atoms with Crippen molar-refractivity contribution in [2.75, 3.05) is 24.6 Å². The van der Waals surface area contributed by atoms with Crippen LogP contribution in [0.5, 0.6) is 0 Å². The van der Waals surface area contributed by atoms with E-state index in [1.54, 1.807) is 11.3 Å². The number of carbonyl (C=O) groups excluding carboxylic acids is 1. The lowest BCUT2D eigenvalue weighted by Crippen LogP contribution is -2.25. The maximum Gasteiger partial charge on any atom is 0.237 e. The minimum Gasteiger partial charge on any atom is -0.396 e. The number of carbonyl (C=O) groups is 1. The number of amides is 1. The smallest absolute Gasteiger partial charge is 0.237 e. The number of nitrogens with two attached hydrogens (primary N) is 1. The molecule has 4 rings (SSSR count). The van der Waals surface area contributed by atoms with Gasteiger partial charge in [0.25, 0.3) is 0 Å². The van der Waals surface area contributed by atoms with E-state index < -0.39 is 0 Å². The Balaban J connectivity index is 1.65. The maximum atomic E-state index is 13.3. The summed E-state index contributed by atoms with van der Waals surface area (Å²) in [5, 5.41) is 3.89. The quantitative estimate of drug-likeness (QED) is 0.720. The first-order valence-electron chi connectivity index (χ1n) is 9.13. The number of nitrogen functional groups attached to an aromatic ring is 1. The van der Waals surface area contributed by atoms with E-state index in [9.17, 15) is 4.79 Å². The van der Waals surface area contributed by atoms with Crippen LogP contribution in [-0.4, -0.2) is 24.4 Å². The third kappa shape index (κ3) is 3.61. The van der Waals surface area contributed by atoms with Crippen LogP contribution >= 0.6 is 11.3 Å². The second-order valence-electron chi connectivity index (χ2n) is 6.98. The number of rotatable bonds is 4. The lowest BCUT2D eigenvalue weighted by Gasteiger charge is -2.21. The van der Waals surface area contributed by atoms with Crippen LogP contribution in [0, 0.1) is 0 Å². The van der Waals surface area contributed by atoms with Gasteiger partial charge in [0.2, 0.25) is 5.91 Å². The van der Waals surface area contributed by atoms with Gasteiger partial charge in [-0.3, -0.25) is 4.79 Å². The molecule has 3 N–H and O–H groups in total. The average molecular weight is 378 g/mol. The van der Waals surface area contributed by atoms with Gasteiger partial charge in [-0.25, -0.2) is 0 Å². The van der Waals surface area contributed by atoms with E-state index in [2.05, 4.69) is 17.3 Å². The molecule has 0 unspecified atom stereocenters. The molecular formula is C22H23N3OS. The van der Waals surface area contributed by atoms with E-state index in [1.165, 1.54) is 10.4 Å². The highest BCUT2D eigenvalue weighted by molar-refractivity contribution is 7.17. The van der Waals surface area contributed by atoms with Gasteiger partial charge >= 0.3 is 0 Å². The van der Waals surface area contributed by atoms with Crippen molar-refractivity contribution < 1.29 is 4.79 Å². The van der Waals surface area contributed by atoms with Gasteiger partial charge in [0.15, 0.2) is 0 Å². The molecule has 2 aromatic carbocycles. The van der Waals surface area contributed by atoms with Gasteiger partial charge in [-0.15, -0.1) is 11.3 Å². The fraction of sp³-hybridized carbons (Fsp3) is 0.227. The Kier molecular flexibility index (Phi) is 4.97. The standard InChI is InChI=1S/C22H23N3OS/c1-25-13-12-17-18(14-25)27-22(20(17)23)24-21(26)19(15-8-4-2-5-9-15)16-10-6-3-7-11-16/h2-11,19H,12-14,23H2,1H3,(H,24,26). The van der Waals surface area contributed by atoms with Crippen molar-refractivity contribution in [2.45, 2.75) is 18.9 Å². The first-order valence-corrected chi connectivity index (χ1v) is 9.94. The number of nitrogens with zero attached hydrogens (tertiary/aromatic N) is 1. The lowest BCUT2D eigenvalue weighted by atomic mass is 9.90. The summed E-state index contributed by atoms with van der Waals surface area (Å²) in [5.74, 6) is -0.417. The minimum atomic E-state index is -0.367. The predicted molar refractivity (Wildman–Crippen MR) is 112 cm³/mol. The molecule has 0 saturated carbocycles. The molecule has 1 aromatic heterocycles. The van der Waals surface area contributed by atoms with Crippen LogP contribution in [-0.2, 0) is 17.8 Å². The summed E-state index contributed by atoms with van der Waals surface area (Å²) in [6.07, 6.45) is 0.935. The van der Waals surface area contributed by atoms with Crippen LogP contribution < -0.4 is 11.1 Å². The first-order chi connectivity index (χ1) is 13.1. The third-order valence-electron chi connectivity index (χ3n) is 5.05. The zero-order valence-corrected chi connectivity index (χ0v) is 16.1. The largest absolute Gasteiger partial charge is 0.396 e. The number of hydrogen-bond donors (Lipinski definition) is 2. The molecule has 138 valence electrons. The molecular weight excluding hydrogens is 354 g/mol. The molecule has 4 nitrogen and oxygen atoms in total. The Hall–Kier alpha value is -2.63. The van der Waals surface area contributed by atoms with E-state index in [0.717, 1.165) is 41.3 Å². The number of fused-ring (bicyclic) bond motifs is 1. The fourth-order valence-corrected chi connectivity index (χ4v) is 4.87. The van der Waals surface area contributed by atoms with Crippen molar-refractivity contribution in [3.05, 3.63) is 82.2 Å². The number of thiophene rings is 1. The molecule has 0 spiro atoms. The number of benzene rings is 2. The Bertz CT molecular complexity index is 897. The first kappa shape index (κ1) is 17.8. The van der Waals surface area contributed by atoms with Crippen molar-refractivity contribution in [1.82, 2.24) is 4.90 Å². The van der Waals surface area contributed by atoms with Gasteiger partial charge < -0.3 is 16.0 Å². The second kappa shape index (κ2) is 7.55. The van der Waals surface area contributed by atoms with Crippen molar-refractivity contribution in [3.63, 3.8) is 0 Å². The maximum absolute atomic E-state index is 13.3. The molecule has 5 heteroatoms. The third-order valence-corrected chi connectivity index (χ3v) is 6.20. The number of nitrogens with one attached hydrogen (secondary N) is 1. The highest BCUT2D eigenvalue weighted by atomic mass is 32.1. The molecule has 3 aromatic rings. The zero-order valence-electron chi connectivity index (χ0n) is 15.3. The van der Waals surface area contributed by atoms with E-state index >= 15 is 0 Å². The number of likely N-dealkylation sites (N-methyl/N-ethyl adjacent to an activating group) is 1. The number of hydrogen-bond acceptors (Lipinski definition) is 4. The highest BCUT2D eigenvalue weighted by Crippen LogP contribution is 2.39. The summed E-state index contributed by atoms with van der Waals surface area (Å²) in [6.45, 7) is 1.89. The van der Waals surface area contributed by atoms with Crippen molar-refractivity contribution in [2.24, 2.45) is 0 Å². The topological polar surface area (TPSA) is 58.4 Å². The molecule has 1 aliphatic heterocycles. The van der Waals surface area contributed by atoms with Crippen LogP contribution in [0.3, 0.4) is 0 Å². The van der Waals surface area contributed by atoms with Crippen LogP contribution in [0.2, 0.25) is 0 Å². The molecule has 0 saturated heterocycles. The Morgan fingerprint density at radius 3 is 2.26 bits per heavy atom. The van der Waals surface area contributed by atoms with Crippen molar-refractivity contribution in [1.29, 1.82) is 0 Å². The molecule has 1 amide bonds. The van der Waals surface area contributed by atoms with E-state index in [4.69, 9.17) is 5.73 Å². The van der Waals surface area contributed by atoms with Gasteiger partial charge in [-0.1, -0.05) is 60.7 Å². The van der Waals surface area contributed by atoms with E-state index in [-0.39, 0.29) is 11.8 Å². The molecule has 27 heavy (non-hydrogen) atoms. The summed E-state index contributed by atoms with van der Waals surface area (Å²) in [6, 6.07) is 19.8. The zero-order chi connectivity index (χ0) is 18.8. The summed E-state index contributed by atoms with van der Waals surface area (Å²) < 4.78 is 0. The van der Waals surface area contributed by atoms with E-state index in [0.29, 0.717) is 0 Å². The molecule has 0 radical (unpaired) electrons. The van der Waals surface area contributed by atoms with Gasteiger partial charge in [-0.05, 0) is 30.2 Å². The summed E-state index contributed by atoms with van der Waals surface area (Å²) in [7, 11) is 2.11. The van der Waals surface area contributed by atoms with Crippen molar-refractivity contribution in [3.8, 4) is 0 Å². The van der Waals surface area contributed by atoms with Crippen LogP contribution in [0.25, 0.3) is 0 Å². The molecule has 0 fully saturated rings.